The number of ether oxygens (including phenoxy) is 1. The summed E-state index contributed by atoms with van der Waals surface area (Å²) in [6.45, 7) is 4.75. The maximum Gasteiger partial charge on any atom is 0.258 e. The number of halogens is 2. The fourth-order valence-electron chi connectivity index (χ4n) is 2.46. The van der Waals surface area contributed by atoms with E-state index in [1.807, 2.05) is 0 Å². The summed E-state index contributed by atoms with van der Waals surface area (Å²) in [6, 6.07) is 3.50. The van der Waals surface area contributed by atoms with Crippen LogP contribution in [0.25, 0.3) is 0 Å². The number of nitrogens with zero attached hydrogens (tertiary/aromatic N) is 1. The smallest absolute Gasteiger partial charge is 0.258 e. The Morgan fingerprint density at radius 3 is 2.65 bits per heavy atom. The highest BCUT2D eigenvalue weighted by molar-refractivity contribution is 5.43. The zero-order chi connectivity index (χ0) is 14.5. The Kier molecular flexibility index (Phi) is 5.14. The van der Waals surface area contributed by atoms with E-state index in [4.69, 9.17) is 4.74 Å². The van der Waals surface area contributed by atoms with Crippen LogP contribution in [0, 0.1) is 0 Å². The van der Waals surface area contributed by atoms with Gasteiger partial charge in [-0.15, -0.1) is 0 Å². The minimum absolute atomic E-state index is 0.0241. The number of hydrogen-bond donors (Lipinski definition) is 2. The van der Waals surface area contributed by atoms with E-state index in [0.29, 0.717) is 38.3 Å². The number of hydrogen-bond acceptors (Lipinski definition) is 4. The van der Waals surface area contributed by atoms with Crippen LogP contribution in [0.5, 0.6) is 11.5 Å². The molecule has 0 aromatic heterocycles. The number of phenols is 1. The minimum Gasteiger partial charge on any atom is -0.504 e. The predicted molar refractivity (Wildman–Crippen MR) is 72.5 cm³/mol. The first-order valence-electron chi connectivity index (χ1n) is 6.82. The van der Waals surface area contributed by atoms with E-state index in [1.165, 1.54) is 18.2 Å². The van der Waals surface area contributed by atoms with Crippen LogP contribution in [0.3, 0.4) is 0 Å². The summed E-state index contributed by atoms with van der Waals surface area (Å²) in [4.78, 5) is 1.77. The second kappa shape index (κ2) is 6.85. The lowest BCUT2D eigenvalue weighted by molar-refractivity contribution is 0.0180. The maximum atomic E-state index is 13.4. The second-order valence-electron chi connectivity index (χ2n) is 4.73. The molecule has 0 aliphatic carbocycles. The molecule has 0 unspecified atom stereocenters. The molecule has 1 aromatic carbocycles. The molecule has 1 aliphatic heterocycles. The summed E-state index contributed by atoms with van der Waals surface area (Å²) in [5, 5.41) is 12.8. The quantitative estimate of drug-likeness (QED) is 0.869. The van der Waals surface area contributed by atoms with Crippen molar-refractivity contribution in [2.45, 2.75) is 19.4 Å². The lowest BCUT2D eigenvalue weighted by Crippen LogP contribution is -2.46. The zero-order valence-corrected chi connectivity index (χ0v) is 11.5. The molecule has 1 fully saturated rings. The van der Waals surface area contributed by atoms with Gasteiger partial charge in [-0.3, -0.25) is 4.90 Å². The Bertz CT molecular complexity index is 437. The highest BCUT2D eigenvalue weighted by Crippen LogP contribution is 2.34. The Labute approximate surface area is 117 Å². The summed E-state index contributed by atoms with van der Waals surface area (Å²) in [5.41, 5.74) is 0.475. The van der Waals surface area contributed by atoms with Crippen molar-refractivity contribution in [1.82, 2.24) is 10.2 Å². The van der Waals surface area contributed by atoms with Crippen molar-refractivity contribution in [2.24, 2.45) is 0 Å². The normalized spacial score (nSPS) is 18.2. The van der Waals surface area contributed by atoms with E-state index < -0.39 is 12.5 Å². The van der Waals surface area contributed by atoms with Crippen molar-refractivity contribution < 1.29 is 18.6 Å². The fraction of sp³-hybridized carbons (Fsp3) is 0.571. The Balaban J connectivity index is 2.26. The number of phenolic OH excluding ortho intramolecular Hbond substituents is 1. The van der Waals surface area contributed by atoms with Gasteiger partial charge in [0.25, 0.3) is 6.43 Å². The van der Waals surface area contributed by atoms with Gasteiger partial charge < -0.3 is 15.2 Å². The first-order valence-corrected chi connectivity index (χ1v) is 6.82. The molecule has 0 spiro atoms. The van der Waals surface area contributed by atoms with Crippen LogP contribution in [0.2, 0.25) is 0 Å². The Morgan fingerprint density at radius 2 is 2.05 bits per heavy atom. The second-order valence-corrected chi connectivity index (χ2v) is 4.73. The highest BCUT2D eigenvalue weighted by atomic mass is 19.3. The molecule has 1 saturated heterocycles. The molecular weight excluding hydrogens is 266 g/mol. The van der Waals surface area contributed by atoms with Crippen LogP contribution in [-0.4, -0.2) is 49.2 Å². The molecule has 0 saturated carbocycles. The van der Waals surface area contributed by atoms with Crippen LogP contribution >= 0.6 is 0 Å². The van der Waals surface area contributed by atoms with Gasteiger partial charge in [0, 0.05) is 26.2 Å². The molecule has 20 heavy (non-hydrogen) atoms. The molecule has 0 bridgehead atoms. The maximum absolute atomic E-state index is 13.4. The largest absolute Gasteiger partial charge is 0.504 e. The van der Waals surface area contributed by atoms with Gasteiger partial charge in [0.1, 0.15) is 0 Å². The summed E-state index contributed by atoms with van der Waals surface area (Å²) >= 11 is 0. The molecule has 1 heterocycles. The number of rotatable bonds is 5. The third kappa shape index (κ3) is 3.37. The number of benzene rings is 1. The van der Waals surface area contributed by atoms with Gasteiger partial charge >= 0.3 is 0 Å². The first-order chi connectivity index (χ1) is 9.63. The minimum atomic E-state index is -2.48. The summed E-state index contributed by atoms with van der Waals surface area (Å²) in [7, 11) is 0. The Morgan fingerprint density at radius 1 is 1.35 bits per heavy atom. The molecule has 112 valence electrons. The van der Waals surface area contributed by atoms with Gasteiger partial charge in [0.2, 0.25) is 0 Å². The lowest BCUT2D eigenvalue weighted by Gasteiger charge is -2.34. The lowest BCUT2D eigenvalue weighted by atomic mass is 10.0. The van der Waals surface area contributed by atoms with Crippen molar-refractivity contribution in [2.75, 3.05) is 32.8 Å². The zero-order valence-electron chi connectivity index (χ0n) is 11.5. The number of alkyl halides is 2. The van der Waals surface area contributed by atoms with Crippen LogP contribution in [-0.2, 0) is 0 Å². The van der Waals surface area contributed by atoms with E-state index in [0.717, 1.165) is 0 Å². The van der Waals surface area contributed by atoms with Crippen molar-refractivity contribution in [3.05, 3.63) is 23.8 Å². The molecule has 2 N–H and O–H groups in total. The first kappa shape index (κ1) is 15.0. The van der Waals surface area contributed by atoms with E-state index in [2.05, 4.69) is 5.32 Å². The van der Waals surface area contributed by atoms with E-state index in [9.17, 15) is 13.9 Å². The van der Waals surface area contributed by atoms with Gasteiger partial charge in [0.05, 0.1) is 12.6 Å². The molecule has 1 aliphatic rings. The van der Waals surface area contributed by atoms with Gasteiger partial charge in [-0.2, -0.15) is 0 Å². The SMILES string of the molecule is CCOc1cc([C@@H](C(F)F)N2CCNCC2)ccc1O. The molecule has 4 nitrogen and oxygen atoms in total. The molecule has 2 rings (SSSR count). The van der Waals surface area contributed by atoms with Gasteiger partial charge in [-0.05, 0) is 24.6 Å². The predicted octanol–water partition coefficient (Wildman–Crippen LogP) is 2.00. The Hall–Kier alpha value is -1.40. The monoisotopic (exact) mass is 286 g/mol. The van der Waals surface area contributed by atoms with Crippen LogP contribution in [0.15, 0.2) is 18.2 Å². The molecule has 0 radical (unpaired) electrons. The molecule has 6 heteroatoms. The average Bonchev–Trinajstić information content (AvgIpc) is 2.44. The summed E-state index contributed by atoms with van der Waals surface area (Å²) in [5.74, 6) is 0.231. The third-order valence-electron chi connectivity index (χ3n) is 3.41. The van der Waals surface area contributed by atoms with Crippen LogP contribution < -0.4 is 10.1 Å². The molecule has 0 amide bonds. The standard InChI is InChI=1S/C14H20F2N2O2/c1-2-20-12-9-10(3-4-11(12)19)13(14(15)16)18-7-5-17-6-8-18/h3-4,9,13-14,17,19H,2,5-8H2,1H3/t13-/m0/s1. The summed E-state index contributed by atoms with van der Waals surface area (Å²) in [6.07, 6.45) is -2.48. The van der Waals surface area contributed by atoms with Gasteiger partial charge in [-0.25, -0.2) is 8.78 Å². The van der Waals surface area contributed by atoms with Gasteiger partial charge in [-0.1, -0.05) is 6.07 Å². The van der Waals surface area contributed by atoms with Crippen molar-refractivity contribution >= 4 is 0 Å². The van der Waals surface area contributed by atoms with E-state index >= 15 is 0 Å². The molecule has 1 atom stereocenters. The average molecular weight is 286 g/mol. The van der Waals surface area contributed by atoms with Crippen molar-refractivity contribution in [1.29, 1.82) is 0 Å². The van der Waals surface area contributed by atoms with Gasteiger partial charge in [0.15, 0.2) is 11.5 Å². The topological polar surface area (TPSA) is 44.7 Å². The summed E-state index contributed by atoms with van der Waals surface area (Å²) < 4.78 is 32.1. The molecular formula is C14H20F2N2O2. The van der Waals surface area contributed by atoms with Crippen LogP contribution in [0.4, 0.5) is 8.78 Å². The van der Waals surface area contributed by atoms with Crippen LogP contribution in [0.1, 0.15) is 18.5 Å². The highest BCUT2D eigenvalue weighted by Gasteiger charge is 2.30. The molecule has 1 aromatic rings. The van der Waals surface area contributed by atoms with E-state index in [-0.39, 0.29) is 11.5 Å². The number of aromatic hydroxyl groups is 1. The van der Waals surface area contributed by atoms with Crippen molar-refractivity contribution in [3.63, 3.8) is 0 Å². The number of nitrogens with one attached hydrogen (secondary N) is 1. The number of piperazine rings is 1. The third-order valence-corrected chi connectivity index (χ3v) is 3.41. The fourth-order valence-corrected chi connectivity index (χ4v) is 2.46. The van der Waals surface area contributed by atoms with Crippen molar-refractivity contribution in [3.8, 4) is 11.5 Å². The van der Waals surface area contributed by atoms with E-state index in [1.54, 1.807) is 11.8 Å².